The Morgan fingerprint density at radius 3 is 2.56 bits per heavy atom. The topological polar surface area (TPSA) is 72.9 Å². The van der Waals surface area contributed by atoms with E-state index in [0.29, 0.717) is 0 Å². The summed E-state index contributed by atoms with van der Waals surface area (Å²) in [5, 5.41) is 12.0. The van der Waals surface area contributed by atoms with Crippen LogP contribution in [-0.4, -0.2) is 65.5 Å². The second-order valence-electron chi connectivity index (χ2n) is 7.39. The van der Waals surface area contributed by atoms with Crippen LogP contribution in [0.15, 0.2) is 24.3 Å². The van der Waals surface area contributed by atoms with Crippen LogP contribution in [0.2, 0.25) is 0 Å². The molecule has 1 aliphatic heterocycles. The molecule has 27 heavy (non-hydrogen) atoms. The fourth-order valence-corrected chi connectivity index (χ4v) is 3.61. The number of carbonyl (C=O) groups excluding carboxylic acids is 1. The Kier molecular flexibility index (Phi) is 7.74. The van der Waals surface area contributed by atoms with E-state index < -0.39 is 5.97 Å². The van der Waals surface area contributed by atoms with Crippen molar-refractivity contribution in [2.24, 2.45) is 0 Å². The number of benzene rings is 1. The van der Waals surface area contributed by atoms with Crippen LogP contribution in [0, 0.1) is 5.82 Å². The molecular formula is C20H30FN3O3. The Balaban J connectivity index is 1.88. The molecule has 1 aliphatic rings. The number of nitrogens with one attached hydrogen (secondary N) is 1. The average Bonchev–Trinajstić information content (AvgIpc) is 2.87. The van der Waals surface area contributed by atoms with Crippen LogP contribution in [0.4, 0.5) is 4.39 Å². The normalized spacial score (nSPS) is 20.7. The number of carboxylic acids is 1. The molecule has 150 valence electrons. The third-order valence-electron chi connectivity index (χ3n) is 5.40. The van der Waals surface area contributed by atoms with Crippen LogP contribution in [0.1, 0.15) is 44.7 Å². The first kappa shape index (κ1) is 21.3. The van der Waals surface area contributed by atoms with Crippen LogP contribution in [-0.2, 0) is 9.59 Å². The van der Waals surface area contributed by atoms with E-state index in [0.717, 1.165) is 37.9 Å². The molecule has 1 amide bonds. The first-order chi connectivity index (χ1) is 12.8. The Labute approximate surface area is 160 Å². The standard InChI is InChI=1S/C20H30FN3O3/c1-14(16-6-8-17(21)9-7-16)22-20(27)15(2)24-11-4-5-18(10-12-24)23(3)13-19(25)26/h6-9,14-15,18H,4-5,10-13H2,1-3H3,(H,22,27)(H,25,26). The summed E-state index contributed by atoms with van der Waals surface area (Å²) in [6.07, 6.45) is 2.70. The lowest BCUT2D eigenvalue weighted by Crippen LogP contribution is -2.46. The Bertz CT molecular complexity index is 638. The maximum atomic E-state index is 13.1. The molecule has 1 fully saturated rings. The molecule has 0 saturated carbocycles. The zero-order chi connectivity index (χ0) is 20.0. The molecule has 0 bridgehead atoms. The van der Waals surface area contributed by atoms with Gasteiger partial charge in [-0.05, 0) is 64.4 Å². The number of halogens is 1. The Hall–Kier alpha value is -1.99. The number of likely N-dealkylation sites (N-methyl/N-ethyl adjacent to an activating group) is 1. The number of hydrogen-bond acceptors (Lipinski definition) is 4. The Morgan fingerprint density at radius 1 is 1.26 bits per heavy atom. The SMILES string of the molecule is CC(NC(=O)C(C)N1CCCC(N(C)CC(=O)O)CC1)c1ccc(F)cc1. The predicted molar refractivity (Wildman–Crippen MR) is 102 cm³/mol. The zero-order valence-corrected chi connectivity index (χ0v) is 16.3. The van der Waals surface area contributed by atoms with Gasteiger partial charge in [0.25, 0.3) is 0 Å². The molecule has 1 saturated heterocycles. The van der Waals surface area contributed by atoms with Crippen LogP contribution in [0.25, 0.3) is 0 Å². The van der Waals surface area contributed by atoms with E-state index in [1.807, 2.05) is 25.8 Å². The van der Waals surface area contributed by atoms with Crippen molar-refractivity contribution >= 4 is 11.9 Å². The van der Waals surface area contributed by atoms with E-state index in [2.05, 4.69) is 10.2 Å². The van der Waals surface area contributed by atoms with Crippen LogP contribution < -0.4 is 5.32 Å². The highest BCUT2D eigenvalue weighted by atomic mass is 19.1. The number of carbonyl (C=O) groups is 2. The molecule has 2 rings (SSSR count). The van der Waals surface area contributed by atoms with Gasteiger partial charge in [-0.3, -0.25) is 19.4 Å². The molecule has 2 N–H and O–H groups in total. The van der Waals surface area contributed by atoms with Crippen LogP contribution in [0.5, 0.6) is 0 Å². The van der Waals surface area contributed by atoms with E-state index >= 15 is 0 Å². The lowest BCUT2D eigenvalue weighted by Gasteiger charge is -2.29. The highest BCUT2D eigenvalue weighted by Gasteiger charge is 2.27. The molecule has 3 atom stereocenters. The second-order valence-corrected chi connectivity index (χ2v) is 7.39. The number of likely N-dealkylation sites (tertiary alicyclic amines) is 1. The van der Waals surface area contributed by atoms with Crippen molar-refractivity contribution in [2.45, 2.75) is 51.2 Å². The van der Waals surface area contributed by atoms with Gasteiger partial charge in [0.15, 0.2) is 0 Å². The number of hydrogen-bond donors (Lipinski definition) is 2. The van der Waals surface area contributed by atoms with Crippen LogP contribution >= 0.6 is 0 Å². The fourth-order valence-electron chi connectivity index (χ4n) is 3.61. The van der Waals surface area contributed by atoms with E-state index in [9.17, 15) is 14.0 Å². The summed E-state index contributed by atoms with van der Waals surface area (Å²) < 4.78 is 13.1. The zero-order valence-electron chi connectivity index (χ0n) is 16.3. The smallest absolute Gasteiger partial charge is 0.317 e. The number of carboxylic acid groups (broad SMARTS) is 1. The molecule has 7 heteroatoms. The third kappa shape index (κ3) is 6.29. The molecular weight excluding hydrogens is 349 g/mol. The molecule has 0 radical (unpaired) electrons. The predicted octanol–water partition coefficient (Wildman–Crippen LogP) is 2.26. The van der Waals surface area contributed by atoms with Gasteiger partial charge in [-0.15, -0.1) is 0 Å². The van der Waals surface area contributed by atoms with Crippen LogP contribution in [0.3, 0.4) is 0 Å². The van der Waals surface area contributed by atoms with Crippen molar-refractivity contribution in [2.75, 3.05) is 26.7 Å². The maximum Gasteiger partial charge on any atom is 0.317 e. The lowest BCUT2D eigenvalue weighted by molar-refractivity contribution is -0.138. The highest BCUT2D eigenvalue weighted by Crippen LogP contribution is 2.18. The molecule has 1 aromatic carbocycles. The van der Waals surface area contributed by atoms with E-state index in [-0.39, 0.29) is 36.4 Å². The van der Waals surface area contributed by atoms with Crippen molar-refractivity contribution in [3.05, 3.63) is 35.6 Å². The van der Waals surface area contributed by atoms with Gasteiger partial charge in [-0.1, -0.05) is 12.1 Å². The van der Waals surface area contributed by atoms with Crippen molar-refractivity contribution in [1.82, 2.24) is 15.1 Å². The van der Waals surface area contributed by atoms with Gasteiger partial charge in [0.1, 0.15) is 5.82 Å². The van der Waals surface area contributed by atoms with E-state index in [1.165, 1.54) is 12.1 Å². The number of rotatable bonds is 7. The van der Waals surface area contributed by atoms with E-state index in [1.54, 1.807) is 12.1 Å². The summed E-state index contributed by atoms with van der Waals surface area (Å²) in [7, 11) is 1.84. The molecule has 0 aliphatic carbocycles. The number of nitrogens with zero attached hydrogens (tertiary/aromatic N) is 2. The molecule has 1 heterocycles. The first-order valence-corrected chi connectivity index (χ1v) is 9.50. The molecule has 6 nitrogen and oxygen atoms in total. The van der Waals surface area contributed by atoms with E-state index in [4.69, 9.17) is 5.11 Å². The quantitative estimate of drug-likeness (QED) is 0.760. The van der Waals surface area contributed by atoms with Crippen molar-refractivity contribution in [3.63, 3.8) is 0 Å². The Morgan fingerprint density at radius 2 is 1.93 bits per heavy atom. The summed E-state index contributed by atoms with van der Waals surface area (Å²) in [5.41, 5.74) is 0.864. The largest absolute Gasteiger partial charge is 0.480 e. The van der Waals surface area contributed by atoms with Crippen molar-refractivity contribution < 1.29 is 19.1 Å². The summed E-state index contributed by atoms with van der Waals surface area (Å²) in [6.45, 7) is 5.39. The van der Waals surface area contributed by atoms with Gasteiger partial charge in [-0.25, -0.2) is 4.39 Å². The fraction of sp³-hybridized carbons (Fsp3) is 0.600. The highest BCUT2D eigenvalue weighted by molar-refractivity contribution is 5.81. The summed E-state index contributed by atoms with van der Waals surface area (Å²) in [5.74, 6) is -1.16. The van der Waals surface area contributed by atoms with Gasteiger partial charge >= 0.3 is 5.97 Å². The minimum atomic E-state index is -0.818. The molecule has 1 aromatic rings. The molecule has 0 aromatic heterocycles. The third-order valence-corrected chi connectivity index (χ3v) is 5.40. The van der Waals surface area contributed by atoms with Gasteiger partial charge in [0.2, 0.25) is 5.91 Å². The van der Waals surface area contributed by atoms with Gasteiger partial charge < -0.3 is 10.4 Å². The summed E-state index contributed by atoms with van der Waals surface area (Å²) in [4.78, 5) is 27.6. The second kappa shape index (κ2) is 9.80. The minimum absolute atomic E-state index is 0.0376. The monoisotopic (exact) mass is 379 g/mol. The maximum absolute atomic E-state index is 13.1. The molecule has 3 unspecified atom stereocenters. The average molecular weight is 379 g/mol. The first-order valence-electron chi connectivity index (χ1n) is 9.50. The number of aliphatic carboxylic acids is 1. The minimum Gasteiger partial charge on any atom is -0.480 e. The summed E-state index contributed by atoms with van der Waals surface area (Å²) in [6, 6.07) is 5.91. The molecule has 0 spiro atoms. The van der Waals surface area contributed by atoms with Crippen molar-refractivity contribution in [3.8, 4) is 0 Å². The van der Waals surface area contributed by atoms with Gasteiger partial charge in [0, 0.05) is 12.6 Å². The number of amides is 1. The van der Waals surface area contributed by atoms with Crippen molar-refractivity contribution in [1.29, 1.82) is 0 Å². The van der Waals surface area contributed by atoms with Gasteiger partial charge in [0.05, 0.1) is 18.6 Å². The van der Waals surface area contributed by atoms with Gasteiger partial charge in [-0.2, -0.15) is 0 Å². The summed E-state index contributed by atoms with van der Waals surface area (Å²) >= 11 is 0. The lowest BCUT2D eigenvalue weighted by atomic mass is 10.1.